The highest BCUT2D eigenvalue weighted by Crippen LogP contribution is 2.40. The number of nitrogens with zero attached hydrogens (tertiary/aromatic N) is 1. The van der Waals surface area contributed by atoms with Crippen molar-refractivity contribution in [3.05, 3.63) is 59.2 Å². The van der Waals surface area contributed by atoms with Crippen molar-refractivity contribution >= 4 is 38.3 Å². The van der Waals surface area contributed by atoms with Crippen molar-refractivity contribution in [1.29, 1.82) is 0 Å². The number of carboxylic acids is 1. The number of aromatic nitrogens is 1. The summed E-state index contributed by atoms with van der Waals surface area (Å²) < 4.78 is 7.10. The molecule has 0 fully saturated rings. The summed E-state index contributed by atoms with van der Waals surface area (Å²) in [6, 6.07) is 13.7. The van der Waals surface area contributed by atoms with Crippen molar-refractivity contribution in [2.45, 2.75) is 33.6 Å². The number of rotatable bonds is 6. The van der Waals surface area contributed by atoms with E-state index in [2.05, 4.69) is 26.0 Å². The molecule has 4 nitrogen and oxygen atoms in total. The van der Waals surface area contributed by atoms with E-state index in [-0.39, 0.29) is 5.56 Å². The third-order valence-corrected chi connectivity index (χ3v) is 6.48. The van der Waals surface area contributed by atoms with E-state index in [0.29, 0.717) is 29.0 Å². The minimum atomic E-state index is -0.969. The summed E-state index contributed by atoms with van der Waals surface area (Å²) in [7, 11) is 0. The molecule has 0 saturated carbocycles. The van der Waals surface area contributed by atoms with Gasteiger partial charge in [0.15, 0.2) is 0 Å². The monoisotopic (exact) mass is 405 g/mol. The lowest BCUT2D eigenvalue weighted by Gasteiger charge is -2.14. The Labute approximate surface area is 173 Å². The molecule has 0 amide bonds. The molecule has 0 aliphatic rings. The summed E-state index contributed by atoms with van der Waals surface area (Å²) in [5, 5.41) is 11.7. The third-order valence-electron chi connectivity index (χ3n) is 5.19. The van der Waals surface area contributed by atoms with Crippen LogP contribution in [-0.2, 0) is 0 Å². The van der Waals surface area contributed by atoms with Crippen LogP contribution in [0.2, 0.25) is 0 Å². The second-order valence-corrected chi connectivity index (χ2v) is 8.27. The van der Waals surface area contributed by atoms with Gasteiger partial charge in [0.05, 0.1) is 33.6 Å². The second kappa shape index (κ2) is 7.84. The average molecular weight is 406 g/mol. The molecule has 4 rings (SSSR count). The fourth-order valence-corrected chi connectivity index (χ4v) is 4.76. The first kappa shape index (κ1) is 19.4. The number of unbranched alkanes of at least 4 members (excludes halogenated alkanes) is 1. The van der Waals surface area contributed by atoms with Gasteiger partial charge < -0.3 is 9.84 Å². The van der Waals surface area contributed by atoms with Crippen LogP contribution in [0.15, 0.2) is 42.5 Å². The predicted octanol–water partition coefficient (Wildman–Crippen LogP) is 6.61. The molecule has 0 aliphatic carbocycles. The van der Waals surface area contributed by atoms with Gasteiger partial charge in [0, 0.05) is 4.70 Å². The molecular weight excluding hydrogens is 382 g/mol. The molecule has 148 valence electrons. The van der Waals surface area contributed by atoms with E-state index < -0.39 is 5.97 Å². The lowest BCUT2D eigenvalue weighted by molar-refractivity contribution is 0.0698. The zero-order valence-electron chi connectivity index (χ0n) is 16.8. The molecule has 29 heavy (non-hydrogen) atoms. The summed E-state index contributed by atoms with van der Waals surface area (Å²) >= 11 is 1.65. The van der Waals surface area contributed by atoms with Crippen molar-refractivity contribution in [1.82, 2.24) is 4.98 Å². The topological polar surface area (TPSA) is 59.4 Å². The average Bonchev–Trinajstić information content (AvgIpc) is 3.06. The van der Waals surface area contributed by atoms with Crippen molar-refractivity contribution in [3.63, 3.8) is 0 Å². The quantitative estimate of drug-likeness (QED) is 0.367. The van der Waals surface area contributed by atoms with E-state index in [1.54, 1.807) is 17.4 Å². The zero-order chi connectivity index (χ0) is 20.5. The zero-order valence-corrected chi connectivity index (χ0v) is 17.6. The minimum absolute atomic E-state index is 0.233. The van der Waals surface area contributed by atoms with Crippen LogP contribution in [0.3, 0.4) is 0 Å². The van der Waals surface area contributed by atoms with Gasteiger partial charge in [0.2, 0.25) is 0 Å². The van der Waals surface area contributed by atoms with Crippen LogP contribution < -0.4 is 4.74 Å². The Bertz CT molecular complexity index is 1230. The van der Waals surface area contributed by atoms with Gasteiger partial charge in [0.25, 0.3) is 0 Å². The lowest BCUT2D eigenvalue weighted by Crippen LogP contribution is -2.05. The summed E-state index contributed by atoms with van der Waals surface area (Å²) in [4.78, 5) is 18.1. The number of hydrogen-bond donors (Lipinski definition) is 1. The SMILES string of the molecule is CCCCOc1ccc(C)c2nc(-c3sc4ccccc4c3C)cc(C(=O)O)c12. The fourth-order valence-electron chi connectivity index (χ4n) is 3.59. The number of ether oxygens (including phenoxy) is 1. The minimum Gasteiger partial charge on any atom is -0.493 e. The smallest absolute Gasteiger partial charge is 0.336 e. The first-order valence-corrected chi connectivity index (χ1v) is 10.6. The van der Waals surface area contributed by atoms with Gasteiger partial charge in [-0.25, -0.2) is 9.78 Å². The van der Waals surface area contributed by atoms with E-state index in [0.717, 1.165) is 28.8 Å². The van der Waals surface area contributed by atoms with E-state index in [9.17, 15) is 9.90 Å². The van der Waals surface area contributed by atoms with Gasteiger partial charge in [-0.05, 0) is 55.0 Å². The molecule has 0 unspecified atom stereocenters. The van der Waals surface area contributed by atoms with Gasteiger partial charge in [-0.15, -0.1) is 11.3 Å². The van der Waals surface area contributed by atoms with Crippen molar-refractivity contribution < 1.29 is 14.6 Å². The molecule has 1 N–H and O–H groups in total. The van der Waals surface area contributed by atoms with Crippen LogP contribution in [-0.4, -0.2) is 22.7 Å². The summed E-state index contributed by atoms with van der Waals surface area (Å²) in [6.45, 7) is 6.68. The van der Waals surface area contributed by atoms with Crippen LogP contribution in [0.5, 0.6) is 5.75 Å². The Morgan fingerprint density at radius 1 is 1.17 bits per heavy atom. The number of hydrogen-bond acceptors (Lipinski definition) is 4. The molecule has 2 aromatic carbocycles. The number of benzene rings is 2. The molecule has 0 bridgehead atoms. The van der Waals surface area contributed by atoms with Crippen LogP contribution in [0, 0.1) is 13.8 Å². The number of aryl methyl sites for hydroxylation is 2. The maximum Gasteiger partial charge on any atom is 0.336 e. The molecule has 2 aromatic heterocycles. The normalized spacial score (nSPS) is 11.3. The van der Waals surface area contributed by atoms with E-state index >= 15 is 0 Å². The highest BCUT2D eigenvalue weighted by molar-refractivity contribution is 7.22. The molecular formula is C24H23NO3S. The van der Waals surface area contributed by atoms with E-state index in [4.69, 9.17) is 9.72 Å². The Morgan fingerprint density at radius 3 is 2.69 bits per heavy atom. The van der Waals surface area contributed by atoms with Gasteiger partial charge in [0.1, 0.15) is 5.75 Å². The number of thiophene rings is 1. The third kappa shape index (κ3) is 3.47. The number of carboxylic acid groups (broad SMARTS) is 1. The molecule has 0 spiro atoms. The molecule has 4 aromatic rings. The Hall–Kier alpha value is -2.92. The lowest BCUT2D eigenvalue weighted by atomic mass is 10.0. The maximum absolute atomic E-state index is 12.2. The van der Waals surface area contributed by atoms with E-state index in [1.807, 2.05) is 31.2 Å². The van der Waals surface area contributed by atoms with Gasteiger partial charge in [-0.1, -0.05) is 37.6 Å². The summed E-state index contributed by atoms with van der Waals surface area (Å²) in [5.41, 5.74) is 3.68. The molecule has 2 heterocycles. The molecule has 0 saturated heterocycles. The summed E-state index contributed by atoms with van der Waals surface area (Å²) in [6.07, 6.45) is 1.94. The van der Waals surface area contributed by atoms with Crippen LogP contribution in [0.25, 0.3) is 31.6 Å². The standard InChI is InChI=1S/C24H23NO3S/c1-4-5-12-28-19-11-10-14(2)22-21(19)17(24(26)27)13-18(25-22)23-15(3)16-8-6-7-9-20(16)29-23/h6-11,13H,4-5,12H2,1-3H3,(H,26,27). The van der Waals surface area contributed by atoms with E-state index in [1.165, 1.54) is 10.1 Å². The Kier molecular flexibility index (Phi) is 5.24. The van der Waals surface area contributed by atoms with Crippen LogP contribution >= 0.6 is 11.3 Å². The largest absolute Gasteiger partial charge is 0.493 e. The predicted molar refractivity (Wildman–Crippen MR) is 119 cm³/mol. The first-order valence-electron chi connectivity index (χ1n) is 9.80. The maximum atomic E-state index is 12.2. The van der Waals surface area contributed by atoms with Crippen molar-refractivity contribution in [3.8, 4) is 16.3 Å². The van der Waals surface area contributed by atoms with Crippen LogP contribution in [0.1, 0.15) is 41.3 Å². The molecule has 0 radical (unpaired) electrons. The Balaban J connectivity index is 1.96. The molecule has 5 heteroatoms. The van der Waals surface area contributed by atoms with Crippen molar-refractivity contribution in [2.24, 2.45) is 0 Å². The molecule has 0 aliphatic heterocycles. The fraction of sp³-hybridized carbons (Fsp3) is 0.250. The number of aromatic carboxylic acids is 1. The van der Waals surface area contributed by atoms with Gasteiger partial charge in [-0.2, -0.15) is 0 Å². The van der Waals surface area contributed by atoms with Crippen LogP contribution in [0.4, 0.5) is 0 Å². The van der Waals surface area contributed by atoms with Gasteiger partial charge in [-0.3, -0.25) is 0 Å². The Morgan fingerprint density at radius 2 is 1.97 bits per heavy atom. The number of fused-ring (bicyclic) bond motifs is 2. The summed E-state index contributed by atoms with van der Waals surface area (Å²) in [5.74, 6) is -0.382. The second-order valence-electron chi connectivity index (χ2n) is 7.22. The number of carbonyl (C=O) groups is 1. The van der Waals surface area contributed by atoms with Gasteiger partial charge >= 0.3 is 5.97 Å². The van der Waals surface area contributed by atoms with Crippen molar-refractivity contribution in [2.75, 3.05) is 6.61 Å². The molecule has 0 atom stereocenters. The first-order chi connectivity index (χ1) is 14.0. The number of pyridine rings is 1. The highest BCUT2D eigenvalue weighted by atomic mass is 32.1. The highest BCUT2D eigenvalue weighted by Gasteiger charge is 2.20.